The van der Waals surface area contributed by atoms with E-state index in [4.69, 9.17) is 20.6 Å². The Morgan fingerprint density at radius 2 is 1.86 bits per heavy atom. The highest BCUT2D eigenvalue weighted by molar-refractivity contribution is 5.95. The van der Waals surface area contributed by atoms with E-state index >= 15 is 4.39 Å². The molecule has 190 valence electrons. The normalized spacial score (nSPS) is 11.6. The molecule has 0 saturated carbocycles. The molecule has 0 saturated heterocycles. The van der Waals surface area contributed by atoms with Crippen molar-refractivity contribution in [2.45, 2.75) is 46.3 Å². The van der Waals surface area contributed by atoms with Crippen molar-refractivity contribution in [2.75, 3.05) is 17.2 Å². The largest absolute Gasteiger partial charge is 0.494 e. The molecule has 0 radical (unpaired) electrons. The van der Waals surface area contributed by atoms with Crippen LogP contribution in [0.1, 0.15) is 57.0 Å². The van der Waals surface area contributed by atoms with Gasteiger partial charge in [-0.3, -0.25) is 10.2 Å². The number of amidine groups is 1. The van der Waals surface area contributed by atoms with Crippen molar-refractivity contribution in [2.24, 2.45) is 5.73 Å². The van der Waals surface area contributed by atoms with Crippen LogP contribution in [0.4, 0.5) is 15.9 Å². The number of aromatic nitrogens is 1. The second kappa shape index (κ2) is 12.0. The van der Waals surface area contributed by atoms with Gasteiger partial charge in [0.1, 0.15) is 17.4 Å². The minimum absolute atomic E-state index is 0.0509. The Morgan fingerprint density at radius 1 is 1.14 bits per heavy atom. The average Bonchev–Trinajstić information content (AvgIpc) is 2.85. The molecule has 8 nitrogen and oxygen atoms in total. The highest BCUT2D eigenvalue weighted by Gasteiger charge is 2.25. The minimum Gasteiger partial charge on any atom is -0.494 e. The molecule has 1 aromatic heterocycles. The Balaban J connectivity index is 2.14. The number of ether oxygens (including phenoxy) is 2. The quantitative estimate of drug-likeness (QED) is 0.214. The van der Waals surface area contributed by atoms with Crippen molar-refractivity contribution in [1.29, 1.82) is 5.41 Å². The van der Waals surface area contributed by atoms with Crippen LogP contribution in [-0.2, 0) is 4.79 Å². The van der Waals surface area contributed by atoms with Crippen LogP contribution < -0.4 is 25.8 Å². The van der Waals surface area contributed by atoms with E-state index in [1.54, 1.807) is 55.5 Å². The number of nitrogens with zero attached hydrogens (tertiary/aromatic N) is 1. The summed E-state index contributed by atoms with van der Waals surface area (Å²) in [6.07, 6.45) is 0.0530. The first-order valence-electron chi connectivity index (χ1n) is 11.8. The van der Waals surface area contributed by atoms with Gasteiger partial charge in [-0.25, -0.2) is 9.37 Å². The number of hydrogen-bond acceptors (Lipinski definition) is 6. The Hall–Kier alpha value is -4.14. The Kier molecular flexibility index (Phi) is 8.83. The number of nitrogens with one attached hydrogen (secondary N) is 3. The van der Waals surface area contributed by atoms with E-state index in [2.05, 4.69) is 15.6 Å². The zero-order valence-electron chi connectivity index (χ0n) is 20.9. The van der Waals surface area contributed by atoms with E-state index in [-0.39, 0.29) is 29.2 Å². The number of halogens is 1. The van der Waals surface area contributed by atoms with Crippen molar-refractivity contribution in [3.8, 4) is 11.5 Å². The van der Waals surface area contributed by atoms with Gasteiger partial charge in [-0.1, -0.05) is 13.0 Å². The lowest BCUT2D eigenvalue weighted by molar-refractivity contribution is -0.115. The molecule has 1 amide bonds. The van der Waals surface area contributed by atoms with Gasteiger partial charge in [-0.05, 0) is 63.2 Å². The summed E-state index contributed by atoms with van der Waals surface area (Å²) < 4.78 is 27.3. The predicted molar refractivity (Wildman–Crippen MR) is 139 cm³/mol. The summed E-state index contributed by atoms with van der Waals surface area (Å²) in [5.41, 5.74) is 7.54. The third-order valence-electron chi connectivity index (χ3n) is 5.19. The summed E-state index contributed by atoms with van der Waals surface area (Å²) in [5.74, 6) is 0.109. The van der Waals surface area contributed by atoms with Gasteiger partial charge < -0.3 is 25.8 Å². The molecular weight excluding hydrogens is 461 g/mol. The molecule has 1 atom stereocenters. The van der Waals surface area contributed by atoms with Crippen LogP contribution in [0, 0.1) is 11.2 Å². The topological polar surface area (TPSA) is 122 Å². The van der Waals surface area contributed by atoms with Crippen molar-refractivity contribution >= 4 is 23.2 Å². The Bertz CT molecular complexity index is 1210. The number of pyridine rings is 1. The molecule has 0 aliphatic carbocycles. The first kappa shape index (κ1) is 26.5. The first-order chi connectivity index (χ1) is 17.2. The van der Waals surface area contributed by atoms with Crippen molar-refractivity contribution in [3.05, 3.63) is 77.2 Å². The van der Waals surface area contributed by atoms with E-state index in [1.165, 1.54) is 6.07 Å². The number of nitrogen functional groups attached to an aromatic ring is 1. The minimum atomic E-state index is -0.762. The van der Waals surface area contributed by atoms with Crippen LogP contribution >= 0.6 is 0 Å². The summed E-state index contributed by atoms with van der Waals surface area (Å²) in [7, 11) is 0. The van der Waals surface area contributed by atoms with Crippen LogP contribution in [0.5, 0.6) is 11.5 Å². The zero-order chi connectivity index (χ0) is 26.2. The maximum absolute atomic E-state index is 15.9. The first-order valence-corrected chi connectivity index (χ1v) is 11.8. The molecule has 36 heavy (non-hydrogen) atoms. The monoisotopic (exact) mass is 493 g/mol. The molecule has 1 unspecified atom stereocenters. The predicted octanol–water partition coefficient (Wildman–Crippen LogP) is 5.24. The molecule has 3 rings (SSSR count). The van der Waals surface area contributed by atoms with Gasteiger partial charge in [0, 0.05) is 29.3 Å². The van der Waals surface area contributed by atoms with Crippen molar-refractivity contribution in [1.82, 2.24) is 4.98 Å². The van der Waals surface area contributed by atoms with E-state index < -0.39 is 11.9 Å². The van der Waals surface area contributed by atoms with Crippen molar-refractivity contribution < 1.29 is 18.7 Å². The summed E-state index contributed by atoms with van der Waals surface area (Å²) in [6, 6.07) is 14.5. The number of carbonyl (C=O) groups is 1. The molecule has 0 aliphatic rings. The van der Waals surface area contributed by atoms with E-state index in [0.29, 0.717) is 41.5 Å². The van der Waals surface area contributed by atoms with Crippen LogP contribution in [-0.4, -0.2) is 29.4 Å². The molecule has 0 spiro atoms. The number of rotatable bonds is 11. The fourth-order valence-electron chi connectivity index (χ4n) is 3.53. The standard InChI is InChI=1S/C27H32FN5O3/c1-5-24(34)33-23-9-7-8-21(32-23)26(31-18-12-10-17(11-13-18)27(29)30)20-14-19(35-6-2)15-22(25(20)28)36-16(3)4/h7-16,26,31H,5-6H2,1-4H3,(H3,29,30)(H,32,33,34). The fourth-order valence-corrected chi connectivity index (χ4v) is 3.53. The SMILES string of the molecule is CCOc1cc(OC(C)C)c(F)c(C(Nc2ccc(C(=N)N)cc2)c2cccc(NC(=O)CC)n2)c1. The Labute approximate surface area is 210 Å². The van der Waals surface area contributed by atoms with Gasteiger partial charge in [-0.2, -0.15) is 0 Å². The molecule has 3 aromatic rings. The maximum atomic E-state index is 15.9. The highest BCUT2D eigenvalue weighted by Crippen LogP contribution is 2.36. The molecule has 1 heterocycles. The van der Waals surface area contributed by atoms with Gasteiger partial charge in [0.2, 0.25) is 5.91 Å². The lowest BCUT2D eigenvalue weighted by Crippen LogP contribution is -2.19. The molecule has 0 aliphatic heterocycles. The van der Waals surface area contributed by atoms with Crippen molar-refractivity contribution in [3.63, 3.8) is 0 Å². The van der Waals surface area contributed by atoms with Crippen LogP contribution in [0.3, 0.4) is 0 Å². The van der Waals surface area contributed by atoms with E-state index in [9.17, 15) is 4.79 Å². The van der Waals surface area contributed by atoms with Gasteiger partial charge in [0.25, 0.3) is 0 Å². The third-order valence-corrected chi connectivity index (χ3v) is 5.19. The lowest BCUT2D eigenvalue weighted by Gasteiger charge is -2.24. The number of carbonyl (C=O) groups excluding carboxylic acids is 1. The van der Waals surface area contributed by atoms with E-state index in [0.717, 1.165) is 0 Å². The summed E-state index contributed by atoms with van der Waals surface area (Å²) >= 11 is 0. The second-order valence-electron chi connectivity index (χ2n) is 8.34. The van der Waals surface area contributed by atoms with Gasteiger partial charge >= 0.3 is 0 Å². The molecular formula is C27H32FN5O3. The number of amides is 1. The third kappa shape index (κ3) is 6.71. The lowest BCUT2D eigenvalue weighted by atomic mass is 10.0. The van der Waals surface area contributed by atoms with Gasteiger partial charge in [-0.15, -0.1) is 0 Å². The molecule has 5 N–H and O–H groups in total. The van der Waals surface area contributed by atoms with Crippen LogP contribution in [0.15, 0.2) is 54.6 Å². The molecule has 0 fully saturated rings. The van der Waals surface area contributed by atoms with Crippen LogP contribution in [0.25, 0.3) is 0 Å². The number of benzene rings is 2. The number of anilines is 2. The average molecular weight is 494 g/mol. The fraction of sp³-hybridized carbons (Fsp3) is 0.296. The summed E-state index contributed by atoms with van der Waals surface area (Å²) in [5, 5.41) is 13.7. The van der Waals surface area contributed by atoms with Crippen LogP contribution in [0.2, 0.25) is 0 Å². The zero-order valence-corrected chi connectivity index (χ0v) is 20.9. The summed E-state index contributed by atoms with van der Waals surface area (Å²) in [4.78, 5) is 16.5. The van der Waals surface area contributed by atoms with Gasteiger partial charge in [0.05, 0.1) is 24.4 Å². The number of nitrogens with two attached hydrogens (primary N) is 1. The molecule has 2 aromatic carbocycles. The highest BCUT2D eigenvalue weighted by atomic mass is 19.1. The summed E-state index contributed by atoms with van der Waals surface area (Å²) in [6.45, 7) is 7.63. The smallest absolute Gasteiger partial charge is 0.225 e. The van der Waals surface area contributed by atoms with Gasteiger partial charge in [0.15, 0.2) is 11.6 Å². The molecule has 0 bridgehead atoms. The second-order valence-corrected chi connectivity index (χ2v) is 8.34. The van der Waals surface area contributed by atoms with E-state index in [1.807, 2.05) is 20.8 Å². The Morgan fingerprint density at radius 3 is 2.47 bits per heavy atom. The molecule has 9 heteroatoms. The number of hydrogen-bond donors (Lipinski definition) is 4. The maximum Gasteiger partial charge on any atom is 0.225 e.